The molecule has 2 rings (SSSR count). The van der Waals surface area contributed by atoms with Crippen molar-refractivity contribution in [1.29, 1.82) is 0 Å². The summed E-state index contributed by atoms with van der Waals surface area (Å²) in [6, 6.07) is 15.4. The highest BCUT2D eigenvalue weighted by Gasteiger charge is 2.04. The van der Waals surface area contributed by atoms with Gasteiger partial charge in [0.2, 0.25) is 0 Å². The zero-order valence-electron chi connectivity index (χ0n) is 14.9. The minimum atomic E-state index is 0. The Hall–Kier alpha value is -1.96. The predicted molar refractivity (Wildman–Crippen MR) is 114 cm³/mol. The van der Waals surface area contributed by atoms with Crippen LogP contribution in [0.4, 0.5) is 5.69 Å². The maximum absolute atomic E-state index is 5.97. The van der Waals surface area contributed by atoms with Gasteiger partial charge in [-0.1, -0.05) is 38.1 Å². The van der Waals surface area contributed by atoms with Gasteiger partial charge in [-0.15, -0.1) is 24.0 Å². The highest BCUT2D eigenvalue weighted by molar-refractivity contribution is 14.0. The van der Waals surface area contributed by atoms with E-state index >= 15 is 0 Å². The molecular weight excluding hydrogens is 429 g/mol. The van der Waals surface area contributed by atoms with Gasteiger partial charge in [0.05, 0.1) is 20.3 Å². The monoisotopic (exact) mass is 455 g/mol. The summed E-state index contributed by atoms with van der Waals surface area (Å²) in [4.78, 5) is 4.40. The van der Waals surface area contributed by atoms with Crippen molar-refractivity contribution >= 4 is 35.6 Å². The zero-order chi connectivity index (χ0) is 17.4. The molecule has 2 aromatic carbocycles. The average Bonchev–Trinajstić information content (AvgIpc) is 2.59. The summed E-state index contributed by atoms with van der Waals surface area (Å²) in [7, 11) is 1.63. The van der Waals surface area contributed by atoms with E-state index in [1.807, 2.05) is 48.5 Å². The standard InChI is InChI=1S/C19H25N3O2.HI/c1-14(2)13-24-18-10-5-4-7-15(18)12-21-19(20)22-16-8-6-9-17(11-16)23-3;/h4-11,14H,12-13H2,1-3H3,(H3,20,21,22);1H. The van der Waals surface area contributed by atoms with Crippen LogP contribution in [0, 0.1) is 5.92 Å². The van der Waals surface area contributed by atoms with Crippen LogP contribution in [-0.4, -0.2) is 19.7 Å². The third-order valence-corrected chi connectivity index (χ3v) is 3.31. The van der Waals surface area contributed by atoms with Crippen molar-refractivity contribution in [2.45, 2.75) is 20.4 Å². The van der Waals surface area contributed by atoms with Crippen LogP contribution in [0.5, 0.6) is 11.5 Å². The number of hydrogen-bond donors (Lipinski definition) is 2. The lowest BCUT2D eigenvalue weighted by Crippen LogP contribution is -2.22. The quantitative estimate of drug-likeness (QED) is 0.372. The van der Waals surface area contributed by atoms with Crippen LogP contribution >= 0.6 is 24.0 Å². The molecule has 25 heavy (non-hydrogen) atoms. The molecule has 0 unspecified atom stereocenters. The number of methoxy groups -OCH3 is 1. The number of anilines is 1. The molecule has 0 atom stereocenters. The number of hydrogen-bond acceptors (Lipinski definition) is 3. The lowest BCUT2D eigenvalue weighted by atomic mass is 10.2. The number of aliphatic imine (C=N–C) groups is 1. The van der Waals surface area contributed by atoms with Crippen LogP contribution in [0.1, 0.15) is 19.4 Å². The van der Waals surface area contributed by atoms with Gasteiger partial charge in [0, 0.05) is 17.3 Å². The van der Waals surface area contributed by atoms with E-state index in [1.165, 1.54) is 0 Å². The molecule has 3 N–H and O–H groups in total. The second-order valence-electron chi connectivity index (χ2n) is 5.87. The average molecular weight is 455 g/mol. The number of para-hydroxylation sites is 1. The van der Waals surface area contributed by atoms with Gasteiger partial charge in [0.1, 0.15) is 11.5 Å². The van der Waals surface area contributed by atoms with E-state index in [0.29, 0.717) is 25.0 Å². The summed E-state index contributed by atoms with van der Waals surface area (Å²) in [6.45, 7) is 5.38. The number of ether oxygens (including phenoxy) is 2. The Morgan fingerprint density at radius 3 is 2.64 bits per heavy atom. The summed E-state index contributed by atoms with van der Waals surface area (Å²) >= 11 is 0. The van der Waals surface area contributed by atoms with Crippen molar-refractivity contribution in [2.75, 3.05) is 19.0 Å². The van der Waals surface area contributed by atoms with E-state index in [2.05, 4.69) is 24.2 Å². The normalized spacial score (nSPS) is 11.0. The van der Waals surface area contributed by atoms with E-state index in [4.69, 9.17) is 15.2 Å². The van der Waals surface area contributed by atoms with Crippen LogP contribution in [0.2, 0.25) is 0 Å². The van der Waals surface area contributed by atoms with Gasteiger partial charge < -0.3 is 20.5 Å². The van der Waals surface area contributed by atoms with Crippen LogP contribution in [0.25, 0.3) is 0 Å². The van der Waals surface area contributed by atoms with Gasteiger partial charge in [-0.3, -0.25) is 0 Å². The molecule has 0 amide bonds. The Kier molecular flexibility index (Phi) is 9.12. The van der Waals surface area contributed by atoms with Crippen LogP contribution < -0.4 is 20.5 Å². The highest BCUT2D eigenvalue weighted by atomic mass is 127. The van der Waals surface area contributed by atoms with E-state index in [9.17, 15) is 0 Å². The Labute approximate surface area is 166 Å². The van der Waals surface area contributed by atoms with Crippen LogP contribution in [0.15, 0.2) is 53.5 Å². The molecule has 0 aliphatic rings. The maximum Gasteiger partial charge on any atom is 0.193 e. The predicted octanol–water partition coefficient (Wildman–Crippen LogP) is 4.27. The van der Waals surface area contributed by atoms with E-state index < -0.39 is 0 Å². The summed E-state index contributed by atoms with van der Waals surface area (Å²) in [5, 5.41) is 3.06. The molecule has 0 saturated heterocycles. The smallest absolute Gasteiger partial charge is 0.193 e. The summed E-state index contributed by atoms with van der Waals surface area (Å²) in [5.74, 6) is 2.44. The second kappa shape index (κ2) is 10.8. The minimum Gasteiger partial charge on any atom is -0.497 e. The van der Waals surface area contributed by atoms with Crippen molar-refractivity contribution in [2.24, 2.45) is 16.6 Å². The molecule has 0 fully saturated rings. The van der Waals surface area contributed by atoms with Gasteiger partial charge in [0.25, 0.3) is 0 Å². The SMILES string of the molecule is COc1cccc(NC(N)=NCc2ccccc2OCC(C)C)c1.I. The third-order valence-electron chi connectivity index (χ3n) is 3.31. The Morgan fingerprint density at radius 2 is 1.92 bits per heavy atom. The second-order valence-corrected chi connectivity index (χ2v) is 5.87. The molecule has 0 radical (unpaired) electrons. The van der Waals surface area contributed by atoms with Gasteiger partial charge >= 0.3 is 0 Å². The molecule has 0 bridgehead atoms. The Bertz CT molecular complexity index is 690. The van der Waals surface area contributed by atoms with Gasteiger partial charge in [-0.2, -0.15) is 0 Å². The number of nitrogens with zero attached hydrogens (tertiary/aromatic N) is 1. The molecule has 0 spiro atoms. The first-order valence-electron chi connectivity index (χ1n) is 8.00. The number of halogens is 1. The summed E-state index contributed by atoms with van der Waals surface area (Å²) in [5.41, 5.74) is 7.82. The number of nitrogens with one attached hydrogen (secondary N) is 1. The molecule has 0 saturated carbocycles. The molecular formula is C19H26IN3O2. The van der Waals surface area contributed by atoms with Crippen molar-refractivity contribution < 1.29 is 9.47 Å². The van der Waals surface area contributed by atoms with Gasteiger partial charge in [-0.05, 0) is 24.1 Å². The minimum absolute atomic E-state index is 0. The van der Waals surface area contributed by atoms with Gasteiger partial charge in [0.15, 0.2) is 5.96 Å². The fourth-order valence-corrected chi connectivity index (χ4v) is 2.09. The van der Waals surface area contributed by atoms with Crippen molar-refractivity contribution in [3.8, 4) is 11.5 Å². The largest absolute Gasteiger partial charge is 0.497 e. The van der Waals surface area contributed by atoms with Crippen molar-refractivity contribution in [3.05, 3.63) is 54.1 Å². The first kappa shape index (κ1) is 21.1. The lowest BCUT2D eigenvalue weighted by Gasteiger charge is -2.12. The first-order chi connectivity index (χ1) is 11.6. The molecule has 5 nitrogen and oxygen atoms in total. The highest BCUT2D eigenvalue weighted by Crippen LogP contribution is 2.20. The Morgan fingerprint density at radius 1 is 1.16 bits per heavy atom. The summed E-state index contributed by atoms with van der Waals surface area (Å²) < 4.78 is 11.0. The fourth-order valence-electron chi connectivity index (χ4n) is 2.09. The fraction of sp³-hybridized carbons (Fsp3) is 0.316. The van der Waals surface area contributed by atoms with Crippen LogP contribution in [0.3, 0.4) is 0 Å². The number of benzene rings is 2. The molecule has 0 aromatic heterocycles. The molecule has 0 aliphatic carbocycles. The molecule has 136 valence electrons. The number of rotatable bonds is 7. The van der Waals surface area contributed by atoms with Gasteiger partial charge in [-0.25, -0.2) is 4.99 Å². The molecule has 0 heterocycles. The first-order valence-corrected chi connectivity index (χ1v) is 8.00. The molecule has 2 aromatic rings. The number of nitrogens with two attached hydrogens (primary N) is 1. The van der Waals surface area contributed by atoms with Crippen molar-refractivity contribution in [1.82, 2.24) is 0 Å². The molecule has 6 heteroatoms. The third kappa shape index (κ3) is 7.21. The topological polar surface area (TPSA) is 68.9 Å². The number of guanidine groups is 1. The summed E-state index contributed by atoms with van der Waals surface area (Å²) in [6.07, 6.45) is 0. The van der Waals surface area contributed by atoms with E-state index in [-0.39, 0.29) is 24.0 Å². The van der Waals surface area contributed by atoms with E-state index in [1.54, 1.807) is 7.11 Å². The van der Waals surface area contributed by atoms with Crippen molar-refractivity contribution in [3.63, 3.8) is 0 Å². The lowest BCUT2D eigenvalue weighted by molar-refractivity contribution is 0.268. The van der Waals surface area contributed by atoms with Crippen LogP contribution in [-0.2, 0) is 6.54 Å². The molecule has 0 aliphatic heterocycles. The Balaban J connectivity index is 0.00000312. The van der Waals surface area contributed by atoms with E-state index in [0.717, 1.165) is 22.7 Å². The maximum atomic E-state index is 5.97. The zero-order valence-corrected chi connectivity index (χ0v) is 17.2.